The van der Waals surface area contributed by atoms with Crippen LogP contribution in [0.3, 0.4) is 0 Å². The summed E-state index contributed by atoms with van der Waals surface area (Å²) in [5.74, 6) is -1.14. The molecule has 6 heteroatoms. The summed E-state index contributed by atoms with van der Waals surface area (Å²) in [6.07, 6.45) is -0.0588. The van der Waals surface area contributed by atoms with Crippen molar-refractivity contribution in [1.29, 1.82) is 0 Å². The van der Waals surface area contributed by atoms with Gasteiger partial charge in [-0.3, -0.25) is 9.59 Å². The van der Waals surface area contributed by atoms with Crippen molar-refractivity contribution >= 4 is 23.2 Å². The van der Waals surface area contributed by atoms with Crippen LogP contribution in [-0.4, -0.2) is 35.0 Å². The number of likely N-dealkylation sites (N-methyl/N-ethyl adjacent to an activating group) is 1. The molecule has 0 fully saturated rings. The molecule has 5 nitrogen and oxygen atoms in total. The Morgan fingerprint density at radius 3 is 2.76 bits per heavy atom. The number of carboxylic acids is 1. The average Bonchev–Trinajstić information content (AvgIpc) is 2.81. The van der Waals surface area contributed by atoms with Gasteiger partial charge in [-0.15, -0.1) is 11.3 Å². The van der Waals surface area contributed by atoms with Gasteiger partial charge in [0.1, 0.15) is 6.04 Å². The van der Waals surface area contributed by atoms with Crippen molar-refractivity contribution in [2.24, 2.45) is 5.73 Å². The van der Waals surface area contributed by atoms with Crippen molar-refractivity contribution in [3.05, 3.63) is 22.4 Å². The smallest absolute Gasteiger partial charge is 0.305 e. The Bertz CT molecular complexity index is 378. The molecule has 94 valence electrons. The summed E-state index contributed by atoms with van der Waals surface area (Å²) < 4.78 is 0. The lowest BCUT2D eigenvalue weighted by Gasteiger charge is -2.23. The Labute approximate surface area is 104 Å². The van der Waals surface area contributed by atoms with Crippen molar-refractivity contribution in [3.63, 3.8) is 0 Å². The maximum absolute atomic E-state index is 12.0. The van der Waals surface area contributed by atoms with Gasteiger partial charge in [-0.05, 0) is 18.4 Å². The van der Waals surface area contributed by atoms with Gasteiger partial charge in [0.15, 0.2) is 0 Å². The van der Waals surface area contributed by atoms with E-state index >= 15 is 0 Å². The predicted molar refractivity (Wildman–Crippen MR) is 65.8 cm³/mol. The number of carboxylic acid groups (broad SMARTS) is 1. The highest BCUT2D eigenvalue weighted by molar-refractivity contribution is 7.10. The molecule has 0 saturated carbocycles. The summed E-state index contributed by atoms with van der Waals surface area (Å²) in [7, 11) is 0. The number of nitrogens with two attached hydrogens (primary N) is 1. The third-order valence-corrected chi connectivity index (χ3v) is 3.36. The van der Waals surface area contributed by atoms with Crippen LogP contribution in [0.15, 0.2) is 17.5 Å². The summed E-state index contributed by atoms with van der Waals surface area (Å²) in [6.45, 7) is 2.47. The Balaban J connectivity index is 2.62. The summed E-state index contributed by atoms with van der Waals surface area (Å²) in [5, 5.41) is 10.5. The van der Waals surface area contributed by atoms with E-state index in [4.69, 9.17) is 10.8 Å². The molecule has 0 aromatic carbocycles. The van der Waals surface area contributed by atoms with Crippen molar-refractivity contribution in [1.82, 2.24) is 4.90 Å². The Morgan fingerprint density at radius 2 is 2.29 bits per heavy atom. The van der Waals surface area contributed by atoms with E-state index in [1.807, 2.05) is 11.4 Å². The number of thiophene rings is 1. The molecule has 0 radical (unpaired) electrons. The first-order valence-corrected chi connectivity index (χ1v) is 6.23. The number of carbonyl (C=O) groups excluding carboxylic acids is 1. The highest BCUT2D eigenvalue weighted by atomic mass is 32.1. The van der Waals surface area contributed by atoms with Crippen molar-refractivity contribution in [3.8, 4) is 0 Å². The van der Waals surface area contributed by atoms with E-state index in [1.165, 1.54) is 16.2 Å². The first-order valence-electron chi connectivity index (χ1n) is 5.35. The van der Waals surface area contributed by atoms with Gasteiger partial charge >= 0.3 is 5.97 Å². The molecule has 0 saturated heterocycles. The van der Waals surface area contributed by atoms with Crippen LogP contribution in [0.2, 0.25) is 0 Å². The Hall–Kier alpha value is -1.40. The van der Waals surface area contributed by atoms with Gasteiger partial charge < -0.3 is 15.7 Å². The third kappa shape index (κ3) is 3.83. The van der Waals surface area contributed by atoms with Gasteiger partial charge in [0.25, 0.3) is 0 Å². The fourth-order valence-electron chi connectivity index (χ4n) is 1.44. The van der Waals surface area contributed by atoms with Gasteiger partial charge in [0.2, 0.25) is 5.91 Å². The molecular formula is C11H16N2O3S. The second-order valence-corrected chi connectivity index (χ2v) is 4.53. The number of aliphatic carboxylic acids is 1. The van der Waals surface area contributed by atoms with Crippen LogP contribution in [0, 0.1) is 0 Å². The van der Waals surface area contributed by atoms with E-state index < -0.39 is 12.0 Å². The highest BCUT2D eigenvalue weighted by Crippen LogP contribution is 2.18. The molecule has 1 unspecified atom stereocenters. The normalized spacial score (nSPS) is 12.1. The van der Waals surface area contributed by atoms with Crippen LogP contribution >= 0.6 is 11.3 Å². The van der Waals surface area contributed by atoms with Crippen LogP contribution in [0.4, 0.5) is 0 Å². The van der Waals surface area contributed by atoms with E-state index in [0.29, 0.717) is 6.54 Å². The van der Waals surface area contributed by atoms with Crippen molar-refractivity contribution in [2.75, 3.05) is 13.1 Å². The number of hydrogen-bond donors (Lipinski definition) is 2. The van der Waals surface area contributed by atoms with Crippen molar-refractivity contribution < 1.29 is 14.7 Å². The van der Waals surface area contributed by atoms with Gasteiger partial charge in [-0.2, -0.15) is 0 Å². The molecule has 1 amide bonds. The maximum atomic E-state index is 12.0. The van der Waals surface area contributed by atoms with Crippen LogP contribution in [0.5, 0.6) is 0 Å². The average molecular weight is 256 g/mol. The Morgan fingerprint density at radius 1 is 1.59 bits per heavy atom. The minimum absolute atomic E-state index is 0.0588. The van der Waals surface area contributed by atoms with Gasteiger partial charge in [0.05, 0.1) is 6.42 Å². The second-order valence-electron chi connectivity index (χ2n) is 3.55. The van der Waals surface area contributed by atoms with Crippen molar-refractivity contribution in [2.45, 2.75) is 19.4 Å². The van der Waals surface area contributed by atoms with Crippen LogP contribution < -0.4 is 5.73 Å². The zero-order valence-electron chi connectivity index (χ0n) is 9.63. The van der Waals surface area contributed by atoms with E-state index in [0.717, 1.165) is 4.88 Å². The fraction of sp³-hybridized carbons (Fsp3) is 0.455. The molecule has 0 aliphatic heterocycles. The van der Waals surface area contributed by atoms with Crippen LogP contribution in [0.25, 0.3) is 0 Å². The van der Waals surface area contributed by atoms with E-state index in [-0.39, 0.29) is 18.9 Å². The van der Waals surface area contributed by atoms with E-state index in [9.17, 15) is 9.59 Å². The summed E-state index contributed by atoms with van der Waals surface area (Å²) in [4.78, 5) is 24.7. The van der Waals surface area contributed by atoms with E-state index in [2.05, 4.69) is 0 Å². The molecule has 1 aromatic heterocycles. The topological polar surface area (TPSA) is 83.6 Å². The fourth-order valence-corrected chi connectivity index (χ4v) is 2.16. The molecule has 1 heterocycles. The molecule has 0 spiro atoms. The number of carbonyl (C=O) groups is 2. The molecule has 17 heavy (non-hydrogen) atoms. The Kier molecular flexibility index (Phi) is 5.11. The first kappa shape index (κ1) is 13.7. The zero-order chi connectivity index (χ0) is 12.8. The molecule has 1 aromatic rings. The quantitative estimate of drug-likeness (QED) is 0.797. The first-order chi connectivity index (χ1) is 8.06. The summed E-state index contributed by atoms with van der Waals surface area (Å²) >= 11 is 1.42. The van der Waals surface area contributed by atoms with E-state index in [1.54, 1.807) is 13.0 Å². The van der Waals surface area contributed by atoms with Gasteiger partial charge in [-0.1, -0.05) is 6.07 Å². The predicted octanol–water partition coefficient (Wildman–Crippen LogP) is 1.07. The molecule has 1 atom stereocenters. The molecule has 0 aliphatic carbocycles. The molecular weight excluding hydrogens is 240 g/mol. The lowest BCUT2D eigenvalue weighted by molar-refractivity contribution is -0.138. The summed E-state index contributed by atoms with van der Waals surface area (Å²) in [5.41, 5.74) is 5.84. The summed E-state index contributed by atoms with van der Waals surface area (Å²) in [6, 6.07) is 2.95. The second kappa shape index (κ2) is 6.36. The number of amides is 1. The minimum atomic E-state index is -0.916. The lowest BCUT2D eigenvalue weighted by atomic mass is 10.2. The third-order valence-electron chi connectivity index (χ3n) is 2.40. The SMILES string of the molecule is CCN(CCC(=O)O)C(=O)C(N)c1cccs1. The molecule has 3 N–H and O–H groups in total. The van der Waals surface area contributed by atoms with Crippen LogP contribution in [-0.2, 0) is 9.59 Å². The standard InChI is InChI=1S/C11H16N2O3S/c1-2-13(6-5-9(14)15)11(16)10(12)8-4-3-7-17-8/h3-4,7,10H,2,5-6,12H2,1H3,(H,14,15). The molecule has 0 aliphatic rings. The number of nitrogens with zero attached hydrogens (tertiary/aromatic N) is 1. The van der Waals surface area contributed by atoms with Gasteiger partial charge in [0, 0.05) is 18.0 Å². The number of hydrogen-bond acceptors (Lipinski definition) is 4. The van der Waals surface area contributed by atoms with Gasteiger partial charge in [-0.25, -0.2) is 0 Å². The monoisotopic (exact) mass is 256 g/mol. The lowest BCUT2D eigenvalue weighted by Crippen LogP contribution is -2.39. The largest absolute Gasteiger partial charge is 0.481 e. The molecule has 0 bridgehead atoms. The molecule has 1 rings (SSSR count). The highest BCUT2D eigenvalue weighted by Gasteiger charge is 2.22. The minimum Gasteiger partial charge on any atom is -0.481 e. The maximum Gasteiger partial charge on any atom is 0.305 e. The number of rotatable bonds is 6. The zero-order valence-corrected chi connectivity index (χ0v) is 10.4. The van der Waals surface area contributed by atoms with Crippen LogP contribution in [0.1, 0.15) is 24.3 Å².